The van der Waals surface area contributed by atoms with Crippen LogP contribution in [0.4, 0.5) is 4.39 Å². The molecule has 3 rings (SSSR count). The molecule has 3 aromatic rings. The van der Waals surface area contributed by atoms with Crippen molar-refractivity contribution in [1.29, 1.82) is 0 Å². The molecule has 0 aliphatic carbocycles. The highest BCUT2D eigenvalue weighted by Gasteiger charge is 2.13. The first kappa shape index (κ1) is 19.5. The molecule has 1 N–H and O–H groups in total. The lowest BCUT2D eigenvalue weighted by Gasteiger charge is -2.09. The number of hydrogen-bond donors (Lipinski definition) is 1. The minimum atomic E-state index is -3.57. The third kappa shape index (κ3) is 5.63. The van der Waals surface area contributed by atoms with Crippen LogP contribution < -0.4 is 9.46 Å². The highest BCUT2D eigenvalue weighted by atomic mass is 79.9. The summed E-state index contributed by atoms with van der Waals surface area (Å²) in [6.07, 6.45) is 0. The lowest BCUT2D eigenvalue weighted by Crippen LogP contribution is -2.23. The van der Waals surface area contributed by atoms with Gasteiger partial charge in [0.1, 0.15) is 18.2 Å². The molecule has 0 unspecified atom stereocenters. The van der Waals surface area contributed by atoms with E-state index < -0.39 is 10.0 Å². The lowest BCUT2D eigenvalue weighted by atomic mass is 10.2. The van der Waals surface area contributed by atoms with Gasteiger partial charge in [-0.3, -0.25) is 0 Å². The fraction of sp³-hybridized carbons (Fsp3) is 0.100. The first-order chi connectivity index (χ1) is 12.9. The standard InChI is InChI=1S/C20H17BrFNO3S/c21-17-5-11-20(12-6-17)27(24,25)23-13-15-3-9-19(10-4-15)26-14-16-1-7-18(22)8-2-16/h1-12,23H,13-14H2. The molecule has 7 heteroatoms. The SMILES string of the molecule is O=S(=O)(NCc1ccc(OCc2ccc(F)cc2)cc1)c1ccc(Br)cc1. The third-order valence-corrected chi connectivity index (χ3v) is 5.78. The van der Waals surface area contributed by atoms with Gasteiger partial charge in [0.2, 0.25) is 10.0 Å². The minimum Gasteiger partial charge on any atom is -0.489 e. The van der Waals surface area contributed by atoms with E-state index in [2.05, 4.69) is 20.7 Å². The Balaban J connectivity index is 1.55. The number of halogens is 2. The van der Waals surface area contributed by atoms with Gasteiger partial charge >= 0.3 is 0 Å². The molecule has 4 nitrogen and oxygen atoms in total. The van der Waals surface area contributed by atoms with E-state index in [1.54, 1.807) is 60.7 Å². The topological polar surface area (TPSA) is 55.4 Å². The molecule has 0 aliphatic rings. The van der Waals surface area contributed by atoms with Crippen LogP contribution in [0, 0.1) is 5.82 Å². The smallest absolute Gasteiger partial charge is 0.240 e. The van der Waals surface area contributed by atoms with Gasteiger partial charge in [0, 0.05) is 11.0 Å². The van der Waals surface area contributed by atoms with Crippen LogP contribution in [0.3, 0.4) is 0 Å². The summed E-state index contributed by atoms with van der Waals surface area (Å²) in [7, 11) is -3.57. The van der Waals surface area contributed by atoms with Crippen molar-refractivity contribution >= 4 is 26.0 Å². The zero-order valence-electron chi connectivity index (χ0n) is 14.2. The molecular formula is C20H17BrFNO3S. The van der Waals surface area contributed by atoms with Crippen LogP contribution in [0.25, 0.3) is 0 Å². The summed E-state index contributed by atoms with van der Waals surface area (Å²) in [5.74, 6) is 0.368. The predicted octanol–water partition coefficient (Wildman–Crippen LogP) is 4.65. The monoisotopic (exact) mass is 449 g/mol. The van der Waals surface area contributed by atoms with Gasteiger partial charge in [-0.1, -0.05) is 40.2 Å². The number of hydrogen-bond acceptors (Lipinski definition) is 3. The zero-order valence-corrected chi connectivity index (χ0v) is 16.6. The Kier molecular flexibility index (Phi) is 6.26. The molecule has 140 valence electrons. The Morgan fingerprint density at radius 1 is 0.852 bits per heavy atom. The van der Waals surface area contributed by atoms with Crippen LogP contribution in [-0.2, 0) is 23.2 Å². The molecule has 0 heterocycles. The van der Waals surface area contributed by atoms with Gasteiger partial charge < -0.3 is 4.74 Å². The van der Waals surface area contributed by atoms with Gasteiger partial charge in [0.05, 0.1) is 4.90 Å². The Bertz CT molecular complexity index is 989. The van der Waals surface area contributed by atoms with E-state index in [1.165, 1.54) is 12.1 Å². The summed E-state index contributed by atoms with van der Waals surface area (Å²) in [6.45, 7) is 0.506. The van der Waals surface area contributed by atoms with E-state index in [0.717, 1.165) is 15.6 Å². The molecule has 0 aliphatic heterocycles. The molecule has 27 heavy (non-hydrogen) atoms. The summed E-state index contributed by atoms with van der Waals surface area (Å²) in [5, 5.41) is 0. The average molecular weight is 450 g/mol. The van der Waals surface area contributed by atoms with E-state index in [4.69, 9.17) is 4.74 Å². The van der Waals surface area contributed by atoms with Crippen molar-refractivity contribution in [1.82, 2.24) is 4.72 Å². The number of benzene rings is 3. The molecule has 0 fully saturated rings. The minimum absolute atomic E-state index is 0.177. The van der Waals surface area contributed by atoms with Crippen LogP contribution in [0.1, 0.15) is 11.1 Å². The maximum absolute atomic E-state index is 12.9. The molecular weight excluding hydrogens is 433 g/mol. The number of sulfonamides is 1. The zero-order chi connectivity index (χ0) is 19.3. The highest BCUT2D eigenvalue weighted by Crippen LogP contribution is 2.17. The third-order valence-electron chi connectivity index (χ3n) is 3.83. The summed E-state index contributed by atoms with van der Waals surface area (Å²) < 4.78 is 46.5. The highest BCUT2D eigenvalue weighted by molar-refractivity contribution is 9.10. The second-order valence-corrected chi connectivity index (χ2v) is 8.52. The normalized spacial score (nSPS) is 11.3. The van der Waals surface area contributed by atoms with Gasteiger partial charge in [0.15, 0.2) is 0 Å². The fourth-order valence-corrected chi connectivity index (χ4v) is 3.61. The van der Waals surface area contributed by atoms with Crippen LogP contribution in [0.2, 0.25) is 0 Å². The van der Waals surface area contributed by atoms with Crippen molar-refractivity contribution in [3.63, 3.8) is 0 Å². The van der Waals surface area contributed by atoms with Gasteiger partial charge in [-0.25, -0.2) is 17.5 Å². The first-order valence-corrected chi connectivity index (χ1v) is 10.4. The molecule has 0 aromatic heterocycles. The molecule has 3 aromatic carbocycles. The summed E-state index contributed by atoms with van der Waals surface area (Å²) in [4.78, 5) is 0.213. The number of ether oxygens (including phenoxy) is 1. The summed E-state index contributed by atoms with van der Waals surface area (Å²) >= 11 is 3.28. The molecule has 0 bridgehead atoms. The second-order valence-electron chi connectivity index (χ2n) is 5.84. The van der Waals surface area contributed by atoms with E-state index in [9.17, 15) is 12.8 Å². The second kappa shape index (κ2) is 8.65. The van der Waals surface area contributed by atoms with Crippen LogP contribution in [-0.4, -0.2) is 8.42 Å². The van der Waals surface area contributed by atoms with Gasteiger partial charge in [-0.15, -0.1) is 0 Å². The molecule has 0 amide bonds. The Morgan fingerprint density at radius 3 is 2.07 bits per heavy atom. The van der Waals surface area contributed by atoms with Crippen molar-refractivity contribution in [3.8, 4) is 5.75 Å². The average Bonchev–Trinajstić information content (AvgIpc) is 2.67. The fourth-order valence-electron chi connectivity index (χ4n) is 2.33. The lowest BCUT2D eigenvalue weighted by molar-refractivity contribution is 0.306. The van der Waals surface area contributed by atoms with E-state index in [-0.39, 0.29) is 17.3 Å². The van der Waals surface area contributed by atoms with Gasteiger partial charge in [-0.05, 0) is 59.7 Å². The van der Waals surface area contributed by atoms with Gasteiger partial charge in [-0.2, -0.15) is 0 Å². The van der Waals surface area contributed by atoms with Crippen LogP contribution in [0.15, 0.2) is 82.2 Å². The summed E-state index contributed by atoms with van der Waals surface area (Å²) in [5.41, 5.74) is 1.67. The van der Waals surface area contributed by atoms with Crippen molar-refractivity contribution in [3.05, 3.63) is 94.2 Å². The maximum atomic E-state index is 12.9. The van der Waals surface area contributed by atoms with E-state index in [1.807, 2.05) is 0 Å². The van der Waals surface area contributed by atoms with E-state index in [0.29, 0.717) is 12.4 Å². The summed E-state index contributed by atoms with van der Waals surface area (Å²) in [6, 6.07) is 19.7. The largest absolute Gasteiger partial charge is 0.489 e. The maximum Gasteiger partial charge on any atom is 0.240 e. The first-order valence-electron chi connectivity index (χ1n) is 8.14. The quantitative estimate of drug-likeness (QED) is 0.571. The van der Waals surface area contributed by atoms with Crippen molar-refractivity contribution in [2.75, 3.05) is 0 Å². The molecule has 0 saturated carbocycles. The van der Waals surface area contributed by atoms with Crippen LogP contribution in [0.5, 0.6) is 5.75 Å². The van der Waals surface area contributed by atoms with E-state index >= 15 is 0 Å². The van der Waals surface area contributed by atoms with Crippen molar-refractivity contribution in [2.45, 2.75) is 18.0 Å². The predicted molar refractivity (Wildman–Crippen MR) is 105 cm³/mol. The number of nitrogens with one attached hydrogen (secondary N) is 1. The van der Waals surface area contributed by atoms with Crippen molar-refractivity contribution in [2.24, 2.45) is 0 Å². The Hall–Kier alpha value is -2.22. The van der Waals surface area contributed by atoms with Crippen molar-refractivity contribution < 1.29 is 17.5 Å². The molecule has 0 atom stereocenters. The van der Waals surface area contributed by atoms with Gasteiger partial charge in [0.25, 0.3) is 0 Å². The Labute approximate surface area is 166 Å². The number of rotatable bonds is 7. The Morgan fingerprint density at radius 2 is 1.44 bits per heavy atom. The molecule has 0 saturated heterocycles. The molecule has 0 radical (unpaired) electrons. The van der Waals surface area contributed by atoms with Crippen LogP contribution >= 0.6 is 15.9 Å². The molecule has 0 spiro atoms.